The van der Waals surface area contributed by atoms with Crippen molar-refractivity contribution >= 4 is 11.3 Å². The van der Waals surface area contributed by atoms with E-state index in [4.69, 9.17) is 4.74 Å². The first-order chi connectivity index (χ1) is 9.22. The van der Waals surface area contributed by atoms with Gasteiger partial charge in [0.1, 0.15) is 15.8 Å². The first kappa shape index (κ1) is 14.0. The van der Waals surface area contributed by atoms with Gasteiger partial charge in [0.15, 0.2) is 0 Å². The number of aryl methyl sites for hydroxylation is 1. The molecule has 0 bridgehead atoms. The zero-order valence-corrected chi connectivity index (χ0v) is 12.3. The van der Waals surface area contributed by atoms with Crippen LogP contribution in [0.15, 0.2) is 24.3 Å². The van der Waals surface area contributed by atoms with Gasteiger partial charge < -0.3 is 10.1 Å². The van der Waals surface area contributed by atoms with E-state index in [1.54, 1.807) is 18.4 Å². The number of aromatic nitrogens is 2. The molecule has 0 amide bonds. The molecule has 4 nitrogen and oxygen atoms in total. The van der Waals surface area contributed by atoms with Crippen molar-refractivity contribution in [2.45, 2.75) is 32.9 Å². The fourth-order valence-electron chi connectivity index (χ4n) is 1.95. The molecule has 1 N–H and O–H groups in total. The molecule has 0 fully saturated rings. The summed E-state index contributed by atoms with van der Waals surface area (Å²) in [6.45, 7) is 4.91. The van der Waals surface area contributed by atoms with E-state index in [9.17, 15) is 0 Å². The van der Waals surface area contributed by atoms with Gasteiger partial charge in [0.2, 0.25) is 0 Å². The normalized spacial score (nSPS) is 12.4. The molecule has 0 aliphatic rings. The van der Waals surface area contributed by atoms with Crippen molar-refractivity contribution in [3.8, 4) is 5.75 Å². The highest BCUT2D eigenvalue weighted by Crippen LogP contribution is 2.20. The Morgan fingerprint density at radius 1 is 1.26 bits per heavy atom. The van der Waals surface area contributed by atoms with Crippen molar-refractivity contribution in [2.24, 2.45) is 0 Å². The first-order valence-electron chi connectivity index (χ1n) is 6.39. The highest BCUT2D eigenvalue weighted by Gasteiger charge is 2.10. The average Bonchev–Trinajstić information content (AvgIpc) is 2.86. The number of benzene rings is 1. The molecule has 5 heteroatoms. The van der Waals surface area contributed by atoms with E-state index in [0.717, 1.165) is 28.7 Å². The molecule has 2 aromatic rings. The predicted molar refractivity (Wildman–Crippen MR) is 77.5 cm³/mol. The molecule has 0 unspecified atom stereocenters. The first-order valence-corrected chi connectivity index (χ1v) is 7.21. The van der Waals surface area contributed by atoms with Crippen molar-refractivity contribution in [3.63, 3.8) is 0 Å². The van der Waals surface area contributed by atoms with Gasteiger partial charge in [-0.1, -0.05) is 19.1 Å². The van der Waals surface area contributed by atoms with E-state index in [-0.39, 0.29) is 0 Å². The Morgan fingerprint density at radius 3 is 2.53 bits per heavy atom. The summed E-state index contributed by atoms with van der Waals surface area (Å²) >= 11 is 1.64. The molecule has 0 spiro atoms. The van der Waals surface area contributed by atoms with Crippen LogP contribution in [0.25, 0.3) is 0 Å². The molecule has 19 heavy (non-hydrogen) atoms. The highest BCUT2D eigenvalue weighted by atomic mass is 32.1. The summed E-state index contributed by atoms with van der Waals surface area (Å²) in [6, 6.07) is 8.52. The Labute approximate surface area is 117 Å². The molecule has 1 atom stereocenters. The number of nitrogens with one attached hydrogen (secondary N) is 1. The molecule has 0 aliphatic heterocycles. The average molecular weight is 277 g/mol. The second-order valence-corrected chi connectivity index (χ2v) is 5.60. The monoisotopic (exact) mass is 277 g/mol. The molecule has 0 saturated carbocycles. The minimum absolute atomic E-state index is 0.329. The number of nitrogens with zero attached hydrogens (tertiary/aromatic N) is 2. The Balaban J connectivity index is 1.98. The van der Waals surface area contributed by atoms with Gasteiger partial charge in [-0.25, -0.2) is 0 Å². The van der Waals surface area contributed by atoms with Crippen molar-refractivity contribution in [1.82, 2.24) is 15.5 Å². The fourth-order valence-corrected chi connectivity index (χ4v) is 2.61. The van der Waals surface area contributed by atoms with Crippen molar-refractivity contribution < 1.29 is 4.74 Å². The fraction of sp³-hybridized carbons (Fsp3) is 0.429. The van der Waals surface area contributed by atoms with Crippen molar-refractivity contribution in [2.75, 3.05) is 7.11 Å². The maximum atomic E-state index is 5.18. The summed E-state index contributed by atoms with van der Waals surface area (Å²) in [5.74, 6) is 0.887. The van der Waals surface area contributed by atoms with Crippen molar-refractivity contribution in [1.29, 1.82) is 0 Å². The quantitative estimate of drug-likeness (QED) is 0.881. The van der Waals surface area contributed by atoms with Crippen LogP contribution in [0.3, 0.4) is 0 Å². The van der Waals surface area contributed by atoms with Gasteiger partial charge >= 0.3 is 0 Å². The van der Waals surface area contributed by atoms with Crippen molar-refractivity contribution in [3.05, 3.63) is 39.8 Å². The summed E-state index contributed by atoms with van der Waals surface area (Å²) in [5.41, 5.74) is 1.27. The summed E-state index contributed by atoms with van der Waals surface area (Å²) < 4.78 is 5.18. The Hall–Kier alpha value is -1.46. The number of hydrogen-bond acceptors (Lipinski definition) is 5. The van der Waals surface area contributed by atoms with Crippen LogP contribution in [0.5, 0.6) is 5.75 Å². The number of ether oxygens (including phenoxy) is 1. The van der Waals surface area contributed by atoms with Crippen LogP contribution in [0.2, 0.25) is 0 Å². The third-order valence-corrected chi connectivity index (χ3v) is 3.83. The molecule has 0 aliphatic carbocycles. The number of rotatable bonds is 6. The highest BCUT2D eigenvalue weighted by molar-refractivity contribution is 7.11. The molecule has 102 valence electrons. The molecule has 1 aromatic heterocycles. The van der Waals surface area contributed by atoms with Gasteiger partial charge in [-0.2, -0.15) is 0 Å². The summed E-state index contributed by atoms with van der Waals surface area (Å²) in [7, 11) is 1.68. The molecule has 1 aromatic carbocycles. The largest absolute Gasteiger partial charge is 0.497 e. The lowest BCUT2D eigenvalue weighted by Crippen LogP contribution is -2.20. The van der Waals surface area contributed by atoms with Crippen LogP contribution in [-0.2, 0) is 6.54 Å². The van der Waals surface area contributed by atoms with Crippen LogP contribution in [0.4, 0.5) is 0 Å². The third-order valence-electron chi connectivity index (χ3n) is 2.99. The van der Waals surface area contributed by atoms with Crippen LogP contribution in [-0.4, -0.2) is 17.3 Å². The summed E-state index contributed by atoms with van der Waals surface area (Å²) in [5, 5.41) is 13.7. The second-order valence-electron chi connectivity index (χ2n) is 4.33. The van der Waals surface area contributed by atoms with E-state index < -0.39 is 0 Å². The minimum atomic E-state index is 0.329. The SMILES string of the molecule is CC[C@H](NCc1nnc(C)s1)c1ccc(OC)cc1. The van der Waals surface area contributed by atoms with Crippen LogP contribution >= 0.6 is 11.3 Å². The van der Waals surface area contributed by atoms with Crippen LogP contribution < -0.4 is 10.1 Å². The van der Waals surface area contributed by atoms with Crippen LogP contribution in [0.1, 0.15) is 35.0 Å². The predicted octanol–water partition coefficient (Wildman–Crippen LogP) is 3.10. The lowest BCUT2D eigenvalue weighted by atomic mass is 10.0. The van der Waals surface area contributed by atoms with Crippen LogP contribution in [0, 0.1) is 6.92 Å². The Bertz CT molecular complexity index is 510. The van der Waals surface area contributed by atoms with Gasteiger partial charge in [-0.15, -0.1) is 21.5 Å². The Morgan fingerprint density at radius 2 is 2.00 bits per heavy atom. The zero-order chi connectivity index (χ0) is 13.7. The lowest BCUT2D eigenvalue weighted by Gasteiger charge is -2.16. The molecule has 2 rings (SSSR count). The lowest BCUT2D eigenvalue weighted by molar-refractivity contribution is 0.414. The summed E-state index contributed by atoms with van der Waals surface area (Å²) in [6.07, 6.45) is 1.03. The Kier molecular flexibility index (Phi) is 4.87. The van der Waals surface area contributed by atoms with Gasteiger partial charge in [0, 0.05) is 6.04 Å². The van der Waals surface area contributed by atoms with E-state index in [1.165, 1.54) is 5.56 Å². The van der Waals surface area contributed by atoms with E-state index in [2.05, 4.69) is 34.6 Å². The molecule has 0 radical (unpaired) electrons. The maximum absolute atomic E-state index is 5.18. The molecular formula is C14H19N3OS. The maximum Gasteiger partial charge on any atom is 0.131 e. The second kappa shape index (κ2) is 6.63. The topological polar surface area (TPSA) is 47.0 Å². The molecule has 1 heterocycles. The smallest absolute Gasteiger partial charge is 0.131 e. The van der Waals surface area contributed by atoms with E-state index >= 15 is 0 Å². The third kappa shape index (κ3) is 3.75. The van der Waals surface area contributed by atoms with E-state index in [0.29, 0.717) is 6.04 Å². The zero-order valence-electron chi connectivity index (χ0n) is 11.5. The van der Waals surface area contributed by atoms with Gasteiger partial charge in [0.05, 0.1) is 13.7 Å². The molecule has 0 saturated heterocycles. The molecular weight excluding hydrogens is 258 g/mol. The van der Waals surface area contributed by atoms with Gasteiger partial charge in [0.25, 0.3) is 0 Å². The van der Waals surface area contributed by atoms with Gasteiger partial charge in [-0.05, 0) is 31.0 Å². The van der Waals surface area contributed by atoms with Gasteiger partial charge in [-0.3, -0.25) is 0 Å². The number of methoxy groups -OCH3 is 1. The van der Waals surface area contributed by atoms with E-state index in [1.807, 2.05) is 19.1 Å². The minimum Gasteiger partial charge on any atom is -0.497 e. The standard InChI is InChI=1S/C14H19N3OS/c1-4-13(11-5-7-12(18-3)8-6-11)15-9-14-17-16-10(2)19-14/h5-8,13,15H,4,9H2,1-3H3/t13-/m0/s1. The number of hydrogen-bond donors (Lipinski definition) is 1. The summed E-state index contributed by atoms with van der Waals surface area (Å²) in [4.78, 5) is 0.